The van der Waals surface area contributed by atoms with E-state index in [2.05, 4.69) is 15.5 Å². The Hall–Kier alpha value is -3.80. The maximum absolute atomic E-state index is 13.1. The number of hydrogen-bond acceptors (Lipinski definition) is 8. The standard InChI is InChI=1S/C29H34N4O7/c1-38-12-9-30-27(35)22-15-19(5-6-20(22)16-32-10-13-39-14-11-32)18-40-25-4-2-3-21-23(25)17-33(29(21)37)24-7-8-26(34)31-28(24)36/h2-6,15,24H,7-14,16-18H2,1H3,(H,30,35)(H,31,34,36)/t24-/m0/s1. The van der Waals surface area contributed by atoms with Crippen LogP contribution in [-0.2, 0) is 38.8 Å². The van der Waals surface area contributed by atoms with Crippen LogP contribution in [0.1, 0.15) is 50.2 Å². The Morgan fingerprint density at radius 3 is 2.75 bits per heavy atom. The van der Waals surface area contributed by atoms with Crippen molar-refractivity contribution in [2.45, 2.75) is 38.6 Å². The van der Waals surface area contributed by atoms with Crippen LogP contribution in [0.3, 0.4) is 0 Å². The van der Waals surface area contributed by atoms with E-state index in [9.17, 15) is 19.2 Å². The Morgan fingerprint density at radius 1 is 1.15 bits per heavy atom. The third-order valence-electron chi connectivity index (χ3n) is 7.44. The van der Waals surface area contributed by atoms with E-state index in [1.165, 1.54) is 4.90 Å². The molecule has 0 unspecified atom stereocenters. The number of carbonyl (C=O) groups excluding carboxylic acids is 4. The second-order valence-electron chi connectivity index (χ2n) is 10.1. The lowest BCUT2D eigenvalue weighted by atomic mass is 10.0. The lowest BCUT2D eigenvalue weighted by Gasteiger charge is -2.29. The molecule has 0 spiro atoms. The number of amides is 4. The number of carbonyl (C=O) groups is 4. The second kappa shape index (κ2) is 12.6. The summed E-state index contributed by atoms with van der Waals surface area (Å²) < 4.78 is 16.7. The molecule has 0 radical (unpaired) electrons. The molecule has 2 fully saturated rings. The van der Waals surface area contributed by atoms with Crippen LogP contribution in [0, 0.1) is 0 Å². The fourth-order valence-electron chi connectivity index (χ4n) is 5.28. The summed E-state index contributed by atoms with van der Waals surface area (Å²) in [7, 11) is 1.59. The fourth-order valence-corrected chi connectivity index (χ4v) is 5.28. The molecule has 11 nitrogen and oxygen atoms in total. The number of fused-ring (bicyclic) bond motifs is 1. The monoisotopic (exact) mass is 550 g/mol. The Morgan fingerprint density at radius 2 is 1.98 bits per heavy atom. The molecule has 0 aliphatic carbocycles. The predicted molar refractivity (Wildman–Crippen MR) is 144 cm³/mol. The number of morpholine rings is 1. The van der Waals surface area contributed by atoms with Gasteiger partial charge in [0.2, 0.25) is 11.8 Å². The number of hydrogen-bond donors (Lipinski definition) is 2. The Bertz CT molecular complexity index is 1290. The number of rotatable bonds is 10. The molecule has 11 heteroatoms. The molecule has 0 saturated carbocycles. The average Bonchev–Trinajstić information content (AvgIpc) is 3.29. The van der Waals surface area contributed by atoms with Crippen molar-refractivity contribution in [3.05, 3.63) is 64.2 Å². The number of benzene rings is 2. The zero-order valence-electron chi connectivity index (χ0n) is 22.6. The first kappa shape index (κ1) is 27.8. The molecule has 0 bridgehead atoms. The van der Waals surface area contributed by atoms with Gasteiger partial charge in [-0.2, -0.15) is 0 Å². The van der Waals surface area contributed by atoms with Crippen LogP contribution >= 0.6 is 0 Å². The van der Waals surface area contributed by atoms with E-state index < -0.39 is 11.9 Å². The molecular weight excluding hydrogens is 516 g/mol. The van der Waals surface area contributed by atoms with Crippen LogP contribution in [0.25, 0.3) is 0 Å². The van der Waals surface area contributed by atoms with E-state index >= 15 is 0 Å². The molecule has 4 amide bonds. The molecule has 3 aliphatic rings. The fraction of sp³-hybridized carbons (Fsp3) is 0.448. The summed E-state index contributed by atoms with van der Waals surface area (Å²) in [5.41, 5.74) is 3.51. The van der Waals surface area contributed by atoms with Gasteiger partial charge < -0.3 is 24.4 Å². The molecule has 212 valence electrons. The summed E-state index contributed by atoms with van der Waals surface area (Å²) in [4.78, 5) is 53.9. The summed E-state index contributed by atoms with van der Waals surface area (Å²) in [5.74, 6) is -0.653. The van der Waals surface area contributed by atoms with E-state index in [0.29, 0.717) is 61.8 Å². The quantitative estimate of drug-likeness (QED) is 0.334. The van der Waals surface area contributed by atoms with Crippen LogP contribution in [0.2, 0.25) is 0 Å². The molecule has 3 aliphatic heterocycles. The van der Waals surface area contributed by atoms with Crippen molar-refractivity contribution < 1.29 is 33.4 Å². The molecule has 40 heavy (non-hydrogen) atoms. The minimum absolute atomic E-state index is 0.173. The van der Waals surface area contributed by atoms with Crippen molar-refractivity contribution in [1.82, 2.24) is 20.4 Å². The minimum atomic E-state index is -0.691. The van der Waals surface area contributed by atoms with Gasteiger partial charge in [0.25, 0.3) is 11.8 Å². The lowest BCUT2D eigenvalue weighted by Crippen LogP contribution is -2.52. The van der Waals surface area contributed by atoms with Gasteiger partial charge in [-0.05, 0) is 35.7 Å². The number of ether oxygens (including phenoxy) is 3. The number of nitrogens with one attached hydrogen (secondary N) is 2. The van der Waals surface area contributed by atoms with Crippen molar-refractivity contribution in [3.63, 3.8) is 0 Å². The Kier molecular flexibility index (Phi) is 8.73. The molecule has 2 saturated heterocycles. The first-order valence-corrected chi connectivity index (χ1v) is 13.5. The van der Waals surface area contributed by atoms with Gasteiger partial charge in [-0.15, -0.1) is 0 Å². The number of nitrogens with zero attached hydrogens (tertiary/aromatic N) is 2. The largest absolute Gasteiger partial charge is 0.489 e. The van der Waals surface area contributed by atoms with Crippen LogP contribution < -0.4 is 15.4 Å². The third kappa shape index (κ3) is 6.16. The van der Waals surface area contributed by atoms with Gasteiger partial charge in [0.1, 0.15) is 18.4 Å². The first-order chi connectivity index (χ1) is 19.4. The van der Waals surface area contributed by atoms with Gasteiger partial charge in [-0.1, -0.05) is 18.2 Å². The van der Waals surface area contributed by atoms with E-state index in [-0.39, 0.29) is 37.3 Å². The van der Waals surface area contributed by atoms with Gasteiger partial charge in [-0.3, -0.25) is 29.4 Å². The third-order valence-corrected chi connectivity index (χ3v) is 7.44. The molecule has 0 aromatic heterocycles. The van der Waals surface area contributed by atoms with Crippen molar-refractivity contribution in [2.24, 2.45) is 0 Å². The molecular formula is C29H34N4O7. The zero-order valence-corrected chi connectivity index (χ0v) is 22.6. The highest BCUT2D eigenvalue weighted by Crippen LogP contribution is 2.34. The SMILES string of the molecule is COCCNC(=O)c1cc(COc2cccc3c2CN([C@H]2CCC(=O)NC2=O)C3=O)ccc1CN1CCOCC1. The minimum Gasteiger partial charge on any atom is -0.489 e. The average molecular weight is 551 g/mol. The van der Waals surface area contributed by atoms with Gasteiger partial charge in [0.05, 0.1) is 26.4 Å². The first-order valence-electron chi connectivity index (χ1n) is 13.5. The van der Waals surface area contributed by atoms with Gasteiger partial charge in [0, 0.05) is 56.4 Å². The van der Waals surface area contributed by atoms with Crippen LogP contribution in [0.15, 0.2) is 36.4 Å². The number of imide groups is 1. The van der Waals surface area contributed by atoms with Crippen molar-refractivity contribution >= 4 is 23.6 Å². The van der Waals surface area contributed by atoms with Crippen LogP contribution in [0.5, 0.6) is 5.75 Å². The summed E-state index contributed by atoms with van der Waals surface area (Å²) in [5, 5.41) is 5.24. The van der Waals surface area contributed by atoms with Crippen LogP contribution in [0.4, 0.5) is 0 Å². The maximum Gasteiger partial charge on any atom is 0.255 e. The number of piperidine rings is 1. The highest BCUT2D eigenvalue weighted by molar-refractivity contribution is 6.05. The van der Waals surface area contributed by atoms with E-state index in [1.807, 2.05) is 18.2 Å². The summed E-state index contributed by atoms with van der Waals surface area (Å²) in [6.07, 6.45) is 0.495. The lowest BCUT2D eigenvalue weighted by molar-refractivity contribution is -0.136. The van der Waals surface area contributed by atoms with Gasteiger partial charge in [0.15, 0.2) is 0 Å². The van der Waals surface area contributed by atoms with Crippen LogP contribution in [-0.4, -0.2) is 86.0 Å². The normalized spacial score (nSPS) is 19.4. The summed E-state index contributed by atoms with van der Waals surface area (Å²) in [6, 6.07) is 10.3. The number of methoxy groups -OCH3 is 1. The van der Waals surface area contributed by atoms with Crippen molar-refractivity contribution in [2.75, 3.05) is 46.6 Å². The predicted octanol–water partition coefficient (Wildman–Crippen LogP) is 1.24. The summed E-state index contributed by atoms with van der Waals surface area (Å²) >= 11 is 0. The van der Waals surface area contributed by atoms with Crippen molar-refractivity contribution in [3.8, 4) is 5.75 Å². The molecule has 2 aromatic rings. The zero-order chi connectivity index (χ0) is 28.1. The van der Waals surface area contributed by atoms with E-state index in [0.717, 1.165) is 24.2 Å². The highest BCUT2D eigenvalue weighted by atomic mass is 16.5. The Balaban J connectivity index is 1.31. The topological polar surface area (TPSA) is 127 Å². The molecule has 2 N–H and O–H groups in total. The molecule has 3 heterocycles. The Labute approximate surface area is 232 Å². The highest BCUT2D eigenvalue weighted by Gasteiger charge is 2.40. The molecule has 5 rings (SSSR count). The second-order valence-corrected chi connectivity index (χ2v) is 10.1. The molecule has 2 aromatic carbocycles. The van der Waals surface area contributed by atoms with Gasteiger partial charge >= 0.3 is 0 Å². The van der Waals surface area contributed by atoms with E-state index in [4.69, 9.17) is 14.2 Å². The molecule has 1 atom stereocenters. The van der Waals surface area contributed by atoms with Gasteiger partial charge in [-0.25, -0.2) is 0 Å². The van der Waals surface area contributed by atoms with E-state index in [1.54, 1.807) is 25.3 Å². The smallest absolute Gasteiger partial charge is 0.255 e. The van der Waals surface area contributed by atoms with Crippen molar-refractivity contribution in [1.29, 1.82) is 0 Å². The summed E-state index contributed by atoms with van der Waals surface area (Å²) in [6.45, 7) is 4.84. The maximum atomic E-state index is 13.1.